The molecule has 5 heteroatoms. The summed E-state index contributed by atoms with van der Waals surface area (Å²) in [5.74, 6) is 0. The van der Waals surface area contributed by atoms with Gasteiger partial charge in [0.1, 0.15) is 0 Å². The molecule has 23 heavy (non-hydrogen) atoms. The van der Waals surface area contributed by atoms with Crippen molar-refractivity contribution in [3.63, 3.8) is 0 Å². The predicted molar refractivity (Wildman–Crippen MR) is 95.1 cm³/mol. The van der Waals surface area contributed by atoms with Gasteiger partial charge < -0.3 is 20.6 Å². The van der Waals surface area contributed by atoms with E-state index in [9.17, 15) is 4.79 Å². The Hall–Kier alpha value is -1.75. The van der Waals surface area contributed by atoms with Crippen LogP contribution in [0.1, 0.15) is 45.4 Å². The highest BCUT2D eigenvalue weighted by atomic mass is 16.3. The van der Waals surface area contributed by atoms with Gasteiger partial charge >= 0.3 is 6.03 Å². The molecule has 1 fully saturated rings. The fourth-order valence-electron chi connectivity index (χ4n) is 3.02. The standard InChI is InChI=1S/C18H29N3O2/c1-15(9-8-14-22)19-18(23)20-16-10-4-5-11-17(16)21-12-6-2-3-7-13-21/h4-5,10-11,15,22H,2-3,6-9,12-14H2,1H3,(H2,19,20,23). The third-order valence-corrected chi connectivity index (χ3v) is 4.27. The molecule has 0 bridgehead atoms. The van der Waals surface area contributed by atoms with Crippen molar-refractivity contribution in [1.82, 2.24) is 5.32 Å². The lowest BCUT2D eigenvalue weighted by Crippen LogP contribution is -2.36. The summed E-state index contributed by atoms with van der Waals surface area (Å²) in [5.41, 5.74) is 1.97. The minimum atomic E-state index is -0.183. The zero-order valence-electron chi connectivity index (χ0n) is 14.1. The molecule has 2 amide bonds. The van der Waals surface area contributed by atoms with Gasteiger partial charge in [0.05, 0.1) is 11.4 Å². The van der Waals surface area contributed by atoms with Gasteiger partial charge in [-0.05, 0) is 44.7 Å². The van der Waals surface area contributed by atoms with Crippen molar-refractivity contribution in [2.45, 2.75) is 51.5 Å². The Bertz CT molecular complexity index is 485. The Morgan fingerprint density at radius 3 is 2.61 bits per heavy atom. The van der Waals surface area contributed by atoms with Crippen molar-refractivity contribution in [2.24, 2.45) is 0 Å². The molecule has 0 saturated carbocycles. The summed E-state index contributed by atoms with van der Waals surface area (Å²) in [6.07, 6.45) is 6.46. The SMILES string of the molecule is CC(CCCO)NC(=O)Nc1ccccc1N1CCCCCC1. The van der Waals surface area contributed by atoms with Crippen molar-refractivity contribution in [3.8, 4) is 0 Å². The van der Waals surface area contributed by atoms with Crippen LogP contribution in [0.4, 0.5) is 16.2 Å². The number of hydrogen-bond acceptors (Lipinski definition) is 3. The van der Waals surface area contributed by atoms with Gasteiger partial charge in [0, 0.05) is 25.7 Å². The first kappa shape index (κ1) is 17.6. The molecule has 1 unspecified atom stereocenters. The summed E-state index contributed by atoms with van der Waals surface area (Å²) >= 11 is 0. The van der Waals surface area contributed by atoms with E-state index >= 15 is 0 Å². The van der Waals surface area contributed by atoms with Crippen molar-refractivity contribution in [2.75, 3.05) is 29.9 Å². The van der Waals surface area contributed by atoms with Crippen molar-refractivity contribution >= 4 is 17.4 Å². The molecule has 0 aliphatic carbocycles. The van der Waals surface area contributed by atoms with Gasteiger partial charge in [-0.25, -0.2) is 4.79 Å². The maximum absolute atomic E-state index is 12.2. The van der Waals surface area contributed by atoms with Crippen LogP contribution < -0.4 is 15.5 Å². The van der Waals surface area contributed by atoms with E-state index in [1.165, 1.54) is 25.7 Å². The van der Waals surface area contributed by atoms with E-state index in [0.717, 1.165) is 30.9 Å². The van der Waals surface area contributed by atoms with Gasteiger partial charge in [-0.2, -0.15) is 0 Å². The van der Waals surface area contributed by atoms with E-state index in [2.05, 4.69) is 21.6 Å². The van der Waals surface area contributed by atoms with Crippen LogP contribution in [0.15, 0.2) is 24.3 Å². The van der Waals surface area contributed by atoms with E-state index in [1.54, 1.807) is 0 Å². The summed E-state index contributed by atoms with van der Waals surface area (Å²) in [4.78, 5) is 14.6. The number of carbonyl (C=O) groups excluding carboxylic acids is 1. The number of anilines is 2. The Balaban J connectivity index is 1.97. The second-order valence-corrected chi connectivity index (χ2v) is 6.28. The zero-order chi connectivity index (χ0) is 16.5. The minimum absolute atomic E-state index is 0.0486. The monoisotopic (exact) mass is 319 g/mol. The third kappa shape index (κ3) is 5.75. The summed E-state index contributed by atoms with van der Waals surface area (Å²) in [7, 11) is 0. The minimum Gasteiger partial charge on any atom is -0.396 e. The first-order valence-corrected chi connectivity index (χ1v) is 8.73. The third-order valence-electron chi connectivity index (χ3n) is 4.27. The number of hydrogen-bond donors (Lipinski definition) is 3. The molecule has 0 aromatic heterocycles. The molecule has 1 aliphatic heterocycles. The van der Waals surface area contributed by atoms with E-state index in [1.807, 2.05) is 25.1 Å². The van der Waals surface area contributed by atoms with Gasteiger partial charge in [-0.1, -0.05) is 25.0 Å². The number of aliphatic hydroxyl groups is 1. The summed E-state index contributed by atoms with van der Waals surface area (Å²) < 4.78 is 0. The molecule has 0 spiro atoms. The topological polar surface area (TPSA) is 64.6 Å². The number of benzene rings is 1. The highest BCUT2D eigenvalue weighted by molar-refractivity contribution is 5.93. The molecule has 1 atom stereocenters. The lowest BCUT2D eigenvalue weighted by atomic mass is 10.2. The number of para-hydroxylation sites is 2. The van der Waals surface area contributed by atoms with Crippen LogP contribution in [-0.2, 0) is 0 Å². The number of aliphatic hydroxyl groups excluding tert-OH is 1. The quantitative estimate of drug-likeness (QED) is 0.753. The van der Waals surface area contributed by atoms with Crippen molar-refractivity contribution in [1.29, 1.82) is 0 Å². The highest BCUT2D eigenvalue weighted by Crippen LogP contribution is 2.27. The number of rotatable bonds is 6. The maximum Gasteiger partial charge on any atom is 0.319 e. The fraction of sp³-hybridized carbons (Fsp3) is 0.611. The van der Waals surface area contributed by atoms with Crippen LogP contribution in [0.2, 0.25) is 0 Å². The van der Waals surface area contributed by atoms with Crippen LogP contribution in [0.25, 0.3) is 0 Å². The first-order valence-electron chi connectivity index (χ1n) is 8.73. The highest BCUT2D eigenvalue weighted by Gasteiger charge is 2.15. The molecule has 2 rings (SSSR count). The molecule has 1 heterocycles. The molecule has 0 radical (unpaired) electrons. The van der Waals surface area contributed by atoms with Crippen LogP contribution in [0.3, 0.4) is 0 Å². The number of nitrogens with one attached hydrogen (secondary N) is 2. The van der Waals surface area contributed by atoms with Gasteiger partial charge in [0.2, 0.25) is 0 Å². The molecule has 1 saturated heterocycles. The molecule has 1 aromatic rings. The lowest BCUT2D eigenvalue weighted by molar-refractivity contribution is 0.245. The lowest BCUT2D eigenvalue weighted by Gasteiger charge is -2.25. The number of amides is 2. The van der Waals surface area contributed by atoms with Gasteiger partial charge in [0.15, 0.2) is 0 Å². The van der Waals surface area contributed by atoms with Crippen LogP contribution >= 0.6 is 0 Å². The van der Waals surface area contributed by atoms with Crippen LogP contribution in [-0.4, -0.2) is 36.9 Å². The fourth-order valence-corrected chi connectivity index (χ4v) is 3.02. The molecule has 5 nitrogen and oxygen atoms in total. The second-order valence-electron chi connectivity index (χ2n) is 6.28. The zero-order valence-corrected chi connectivity index (χ0v) is 14.1. The molecule has 1 aliphatic rings. The largest absolute Gasteiger partial charge is 0.396 e. The molecule has 128 valence electrons. The summed E-state index contributed by atoms with van der Waals surface area (Å²) in [6, 6.07) is 7.87. The Kier molecular flexibility index (Phi) is 7.20. The van der Waals surface area contributed by atoms with Crippen LogP contribution in [0.5, 0.6) is 0 Å². The van der Waals surface area contributed by atoms with Crippen LogP contribution in [0, 0.1) is 0 Å². The van der Waals surface area contributed by atoms with Gasteiger partial charge in [-0.3, -0.25) is 0 Å². The van der Waals surface area contributed by atoms with E-state index in [4.69, 9.17) is 5.11 Å². The molecular formula is C18H29N3O2. The van der Waals surface area contributed by atoms with Crippen molar-refractivity contribution < 1.29 is 9.90 Å². The van der Waals surface area contributed by atoms with Crippen molar-refractivity contribution in [3.05, 3.63) is 24.3 Å². The normalized spacial score (nSPS) is 16.5. The van der Waals surface area contributed by atoms with E-state index in [0.29, 0.717) is 6.42 Å². The Labute approximate surface area is 139 Å². The first-order chi connectivity index (χ1) is 11.2. The smallest absolute Gasteiger partial charge is 0.319 e. The van der Waals surface area contributed by atoms with E-state index < -0.39 is 0 Å². The van der Waals surface area contributed by atoms with Gasteiger partial charge in [0.25, 0.3) is 0 Å². The summed E-state index contributed by atoms with van der Waals surface area (Å²) in [6.45, 7) is 4.21. The average molecular weight is 319 g/mol. The second kappa shape index (κ2) is 9.40. The maximum atomic E-state index is 12.2. The summed E-state index contributed by atoms with van der Waals surface area (Å²) in [5, 5.41) is 14.8. The Morgan fingerprint density at radius 2 is 1.91 bits per heavy atom. The van der Waals surface area contributed by atoms with E-state index in [-0.39, 0.29) is 18.7 Å². The number of urea groups is 1. The molecule has 1 aromatic carbocycles. The molecular weight excluding hydrogens is 290 g/mol. The van der Waals surface area contributed by atoms with Gasteiger partial charge in [-0.15, -0.1) is 0 Å². The average Bonchev–Trinajstić information content (AvgIpc) is 2.82. The Morgan fingerprint density at radius 1 is 1.22 bits per heavy atom. The predicted octanol–water partition coefficient (Wildman–Crippen LogP) is 3.35. The molecule has 3 N–H and O–H groups in total. The number of nitrogens with zero attached hydrogens (tertiary/aromatic N) is 1. The number of carbonyl (C=O) groups is 1.